The zero-order valence-electron chi connectivity index (χ0n) is 11.9. The maximum absolute atomic E-state index is 9.60. The summed E-state index contributed by atoms with van der Waals surface area (Å²) in [5.41, 5.74) is -0.242. The first-order valence-corrected chi connectivity index (χ1v) is 7.57. The molecule has 2 fully saturated rings. The molecule has 2 rings (SSSR count). The molecule has 102 valence electrons. The fraction of sp³-hybridized carbons (Fsp3) is 0.933. The minimum atomic E-state index is -0.242. The number of likely N-dealkylation sites (tertiary alicyclic amines) is 1. The summed E-state index contributed by atoms with van der Waals surface area (Å²) < 4.78 is 0. The third-order valence-electron chi connectivity index (χ3n) is 4.56. The normalized spacial score (nSPS) is 33.1. The van der Waals surface area contributed by atoms with E-state index < -0.39 is 0 Å². The van der Waals surface area contributed by atoms with E-state index in [4.69, 9.17) is 0 Å². The second kappa shape index (κ2) is 6.04. The van der Waals surface area contributed by atoms with Crippen LogP contribution in [0.2, 0.25) is 0 Å². The van der Waals surface area contributed by atoms with Gasteiger partial charge in [0.2, 0.25) is 0 Å². The third kappa shape index (κ3) is 3.05. The van der Waals surface area contributed by atoms with Crippen LogP contribution in [0.3, 0.4) is 0 Å². The number of nitrogens with one attached hydrogen (secondary N) is 1. The highest BCUT2D eigenvalue weighted by molar-refractivity contribution is 5.14. The summed E-state index contributed by atoms with van der Waals surface area (Å²) >= 11 is 0. The molecule has 0 radical (unpaired) electrons. The van der Waals surface area contributed by atoms with Crippen molar-refractivity contribution in [2.75, 3.05) is 19.6 Å². The van der Waals surface area contributed by atoms with Gasteiger partial charge < -0.3 is 4.90 Å². The molecule has 0 spiro atoms. The zero-order chi connectivity index (χ0) is 13.0. The maximum atomic E-state index is 9.60. The van der Waals surface area contributed by atoms with Crippen LogP contribution in [0.4, 0.5) is 0 Å². The number of nitrogens with zero attached hydrogens (tertiary/aromatic N) is 2. The van der Waals surface area contributed by atoms with Gasteiger partial charge in [-0.15, -0.1) is 0 Å². The monoisotopic (exact) mass is 249 g/mol. The van der Waals surface area contributed by atoms with Gasteiger partial charge in [-0.2, -0.15) is 5.26 Å². The second-order valence-electron chi connectivity index (χ2n) is 6.31. The Hall–Kier alpha value is -0.590. The fourth-order valence-corrected chi connectivity index (χ4v) is 3.70. The van der Waals surface area contributed by atoms with Gasteiger partial charge in [0.1, 0.15) is 5.54 Å². The van der Waals surface area contributed by atoms with Crippen LogP contribution in [0.1, 0.15) is 52.4 Å². The number of hydrogen-bond donors (Lipinski definition) is 1. The van der Waals surface area contributed by atoms with Crippen molar-refractivity contribution in [2.45, 2.75) is 64.0 Å². The van der Waals surface area contributed by atoms with Gasteiger partial charge in [-0.25, -0.2) is 0 Å². The molecule has 0 aromatic carbocycles. The molecule has 3 nitrogen and oxygen atoms in total. The summed E-state index contributed by atoms with van der Waals surface area (Å²) in [7, 11) is 0. The molecule has 18 heavy (non-hydrogen) atoms. The van der Waals surface area contributed by atoms with Crippen LogP contribution in [0.25, 0.3) is 0 Å². The molecule has 1 heterocycles. The smallest absolute Gasteiger partial charge is 0.109 e. The molecule has 2 atom stereocenters. The summed E-state index contributed by atoms with van der Waals surface area (Å²) in [6.45, 7) is 8.02. The number of hydrogen-bond acceptors (Lipinski definition) is 3. The predicted octanol–water partition coefficient (Wildman–Crippen LogP) is 2.53. The lowest BCUT2D eigenvalue weighted by molar-refractivity contribution is 0.240. The molecule has 1 aliphatic heterocycles. The number of rotatable bonds is 5. The van der Waals surface area contributed by atoms with E-state index in [0.717, 1.165) is 6.42 Å². The zero-order valence-corrected chi connectivity index (χ0v) is 11.9. The molecule has 1 saturated carbocycles. The Morgan fingerprint density at radius 1 is 1.33 bits per heavy atom. The van der Waals surface area contributed by atoms with Crippen molar-refractivity contribution in [1.29, 1.82) is 5.26 Å². The van der Waals surface area contributed by atoms with Gasteiger partial charge in [-0.3, -0.25) is 5.32 Å². The van der Waals surface area contributed by atoms with E-state index >= 15 is 0 Å². The van der Waals surface area contributed by atoms with Crippen molar-refractivity contribution in [3.63, 3.8) is 0 Å². The van der Waals surface area contributed by atoms with Gasteiger partial charge in [0.05, 0.1) is 6.07 Å². The SMILES string of the molecule is CC(C)NC1(C#N)CCCC1CCN1CCCC1. The maximum Gasteiger partial charge on any atom is 0.109 e. The lowest BCUT2D eigenvalue weighted by atomic mass is 9.85. The summed E-state index contributed by atoms with van der Waals surface area (Å²) in [4.78, 5) is 2.57. The third-order valence-corrected chi connectivity index (χ3v) is 4.56. The molecule has 3 heteroatoms. The van der Waals surface area contributed by atoms with Crippen LogP contribution in [0.15, 0.2) is 0 Å². The van der Waals surface area contributed by atoms with Gasteiger partial charge in [0.25, 0.3) is 0 Å². The van der Waals surface area contributed by atoms with Gasteiger partial charge in [0.15, 0.2) is 0 Å². The van der Waals surface area contributed by atoms with Crippen LogP contribution < -0.4 is 5.32 Å². The van der Waals surface area contributed by atoms with Crippen molar-refractivity contribution in [1.82, 2.24) is 10.2 Å². The molecular formula is C15H27N3. The Morgan fingerprint density at radius 2 is 2.06 bits per heavy atom. The Balaban J connectivity index is 1.90. The molecule has 1 N–H and O–H groups in total. The van der Waals surface area contributed by atoms with E-state index in [2.05, 4.69) is 30.1 Å². The standard InChI is InChI=1S/C15H27N3/c1-13(2)17-15(12-16)8-5-6-14(15)7-11-18-9-3-4-10-18/h13-14,17H,3-11H2,1-2H3. The van der Waals surface area contributed by atoms with E-state index in [1.807, 2.05) is 0 Å². The highest BCUT2D eigenvalue weighted by atomic mass is 15.1. The van der Waals surface area contributed by atoms with E-state index in [1.165, 1.54) is 51.7 Å². The molecular weight excluding hydrogens is 222 g/mol. The highest BCUT2D eigenvalue weighted by Gasteiger charge is 2.43. The average molecular weight is 249 g/mol. The van der Waals surface area contributed by atoms with E-state index in [-0.39, 0.29) is 5.54 Å². The first-order valence-electron chi connectivity index (χ1n) is 7.57. The lowest BCUT2D eigenvalue weighted by Gasteiger charge is -2.33. The Kier molecular flexibility index (Phi) is 4.64. The van der Waals surface area contributed by atoms with E-state index in [9.17, 15) is 5.26 Å². The van der Waals surface area contributed by atoms with Crippen LogP contribution in [-0.4, -0.2) is 36.1 Å². The van der Waals surface area contributed by atoms with Gasteiger partial charge in [-0.1, -0.05) is 6.42 Å². The molecule has 2 aliphatic rings. The van der Waals surface area contributed by atoms with E-state index in [1.54, 1.807) is 0 Å². The summed E-state index contributed by atoms with van der Waals surface area (Å²) in [6.07, 6.45) is 7.37. The highest BCUT2D eigenvalue weighted by Crippen LogP contribution is 2.38. The fourth-order valence-electron chi connectivity index (χ4n) is 3.70. The van der Waals surface area contributed by atoms with E-state index in [0.29, 0.717) is 12.0 Å². The molecule has 2 unspecified atom stereocenters. The summed E-state index contributed by atoms with van der Waals surface area (Å²) in [5, 5.41) is 13.2. The van der Waals surface area contributed by atoms with Crippen LogP contribution in [0.5, 0.6) is 0 Å². The Bertz CT molecular complexity index is 301. The van der Waals surface area contributed by atoms with Crippen molar-refractivity contribution >= 4 is 0 Å². The topological polar surface area (TPSA) is 39.1 Å². The summed E-state index contributed by atoms with van der Waals surface area (Å²) in [6, 6.07) is 3.00. The molecule has 0 aromatic heterocycles. The average Bonchev–Trinajstić information content (AvgIpc) is 2.95. The first-order chi connectivity index (χ1) is 8.66. The first kappa shape index (κ1) is 13.8. The quantitative estimate of drug-likeness (QED) is 0.814. The van der Waals surface area contributed by atoms with Crippen LogP contribution >= 0.6 is 0 Å². The van der Waals surface area contributed by atoms with Gasteiger partial charge in [0, 0.05) is 6.04 Å². The lowest BCUT2D eigenvalue weighted by Crippen LogP contribution is -2.50. The van der Waals surface area contributed by atoms with Crippen molar-refractivity contribution in [3.05, 3.63) is 0 Å². The van der Waals surface area contributed by atoms with Crippen molar-refractivity contribution in [3.8, 4) is 6.07 Å². The second-order valence-corrected chi connectivity index (χ2v) is 6.31. The van der Waals surface area contributed by atoms with Crippen molar-refractivity contribution < 1.29 is 0 Å². The molecule has 0 aromatic rings. The van der Waals surface area contributed by atoms with Crippen molar-refractivity contribution in [2.24, 2.45) is 5.92 Å². The predicted molar refractivity (Wildman–Crippen MR) is 74.2 cm³/mol. The molecule has 1 saturated heterocycles. The van der Waals surface area contributed by atoms with Gasteiger partial charge in [-0.05, 0) is 71.5 Å². The number of nitriles is 1. The molecule has 0 bridgehead atoms. The largest absolute Gasteiger partial charge is 0.303 e. The summed E-state index contributed by atoms with van der Waals surface area (Å²) in [5.74, 6) is 0.547. The Morgan fingerprint density at radius 3 is 2.67 bits per heavy atom. The minimum absolute atomic E-state index is 0.242. The minimum Gasteiger partial charge on any atom is -0.303 e. The Labute approximate surface area is 112 Å². The molecule has 1 aliphatic carbocycles. The van der Waals surface area contributed by atoms with Crippen LogP contribution in [-0.2, 0) is 0 Å². The van der Waals surface area contributed by atoms with Gasteiger partial charge >= 0.3 is 0 Å². The molecule has 0 amide bonds. The van der Waals surface area contributed by atoms with Crippen LogP contribution in [0, 0.1) is 17.2 Å².